The van der Waals surface area contributed by atoms with Gasteiger partial charge < -0.3 is 4.52 Å². The molecule has 78 valence electrons. The summed E-state index contributed by atoms with van der Waals surface area (Å²) < 4.78 is 40.5. The van der Waals surface area contributed by atoms with E-state index in [4.69, 9.17) is 0 Å². The van der Waals surface area contributed by atoms with E-state index in [0.717, 1.165) is 0 Å². The zero-order valence-electron chi connectivity index (χ0n) is 7.32. The smallest absolute Gasteiger partial charge is 0.329 e. The van der Waals surface area contributed by atoms with E-state index < -0.39 is 12.1 Å². The predicted octanol–water partition coefficient (Wildman–Crippen LogP) is 2.76. The number of hydrogen-bond acceptors (Lipinski definition) is 3. The number of hydrogen-bond donors (Lipinski definition) is 0. The van der Waals surface area contributed by atoms with Crippen molar-refractivity contribution in [1.82, 2.24) is 10.1 Å². The summed E-state index contributed by atoms with van der Waals surface area (Å²) in [4.78, 5) is 3.25. The Hall–Kier alpha value is -1.85. The van der Waals surface area contributed by atoms with E-state index in [2.05, 4.69) is 14.7 Å². The maximum atomic E-state index is 12.1. The summed E-state index contributed by atoms with van der Waals surface area (Å²) in [6, 6.07) is 8.31. The topological polar surface area (TPSA) is 38.9 Å². The van der Waals surface area contributed by atoms with Crippen LogP contribution < -0.4 is 0 Å². The minimum Gasteiger partial charge on any atom is -0.329 e. The van der Waals surface area contributed by atoms with Gasteiger partial charge in [-0.1, -0.05) is 35.5 Å². The zero-order chi connectivity index (χ0) is 10.9. The average Bonchev–Trinajstić information content (AvgIpc) is 2.67. The van der Waals surface area contributed by atoms with Crippen LogP contribution in [0.4, 0.5) is 13.2 Å². The van der Waals surface area contributed by atoms with E-state index in [1.807, 2.05) is 0 Å². The van der Waals surface area contributed by atoms with E-state index in [9.17, 15) is 13.2 Å². The fraction of sp³-hybridized carbons (Fsp3) is 0.111. The van der Waals surface area contributed by atoms with Crippen molar-refractivity contribution in [3.8, 4) is 11.4 Å². The van der Waals surface area contributed by atoms with Gasteiger partial charge >= 0.3 is 12.1 Å². The van der Waals surface area contributed by atoms with Gasteiger partial charge in [-0.05, 0) is 0 Å². The number of benzene rings is 1. The van der Waals surface area contributed by atoms with Crippen LogP contribution in [0.2, 0.25) is 0 Å². The summed E-state index contributed by atoms with van der Waals surface area (Å²) in [5, 5.41) is 3.25. The summed E-state index contributed by atoms with van der Waals surface area (Å²) in [6.45, 7) is 0. The lowest BCUT2D eigenvalue weighted by Crippen LogP contribution is -2.04. The van der Waals surface area contributed by atoms with Crippen molar-refractivity contribution in [3.63, 3.8) is 0 Å². The molecule has 1 aromatic heterocycles. The van der Waals surface area contributed by atoms with E-state index in [1.165, 1.54) is 0 Å². The second-order valence-corrected chi connectivity index (χ2v) is 2.79. The third-order valence-electron chi connectivity index (χ3n) is 1.70. The van der Waals surface area contributed by atoms with Crippen LogP contribution in [0.5, 0.6) is 0 Å². The third kappa shape index (κ3) is 1.98. The number of rotatable bonds is 1. The van der Waals surface area contributed by atoms with Crippen LogP contribution in [-0.2, 0) is 6.18 Å². The average molecular weight is 214 g/mol. The van der Waals surface area contributed by atoms with Gasteiger partial charge in [-0.3, -0.25) is 0 Å². The first-order chi connectivity index (χ1) is 7.07. The van der Waals surface area contributed by atoms with E-state index in [1.54, 1.807) is 30.3 Å². The van der Waals surface area contributed by atoms with Gasteiger partial charge in [0.2, 0.25) is 5.82 Å². The van der Waals surface area contributed by atoms with Crippen LogP contribution in [0.1, 0.15) is 5.89 Å². The molecular formula is C9H5F3N2O. The molecule has 1 aromatic carbocycles. The molecule has 0 N–H and O–H groups in total. The second kappa shape index (κ2) is 3.38. The Kier molecular flexibility index (Phi) is 2.18. The van der Waals surface area contributed by atoms with Crippen molar-refractivity contribution in [2.75, 3.05) is 0 Å². The quantitative estimate of drug-likeness (QED) is 0.732. The minimum absolute atomic E-state index is 0.0667. The number of alkyl halides is 3. The van der Waals surface area contributed by atoms with Crippen LogP contribution in [0.25, 0.3) is 11.4 Å². The molecule has 0 radical (unpaired) electrons. The van der Waals surface area contributed by atoms with Crippen LogP contribution in [0.3, 0.4) is 0 Å². The first-order valence-corrected chi connectivity index (χ1v) is 4.04. The molecule has 0 unspecified atom stereocenters. The summed E-state index contributed by atoms with van der Waals surface area (Å²) in [5.74, 6) is -1.40. The van der Waals surface area contributed by atoms with Gasteiger partial charge in [-0.25, -0.2) is 0 Å². The van der Waals surface area contributed by atoms with Gasteiger partial charge in [0.25, 0.3) is 0 Å². The van der Waals surface area contributed by atoms with Gasteiger partial charge in [-0.2, -0.15) is 18.2 Å². The number of halogens is 3. The molecule has 0 aliphatic rings. The fourth-order valence-electron chi connectivity index (χ4n) is 1.04. The largest absolute Gasteiger partial charge is 0.471 e. The molecule has 1 heterocycles. The molecule has 0 bridgehead atoms. The summed E-state index contributed by atoms with van der Waals surface area (Å²) in [7, 11) is 0. The zero-order valence-corrected chi connectivity index (χ0v) is 7.32. The van der Waals surface area contributed by atoms with E-state index >= 15 is 0 Å². The SMILES string of the molecule is FC(F)(F)c1nc(-c2ccccc2)no1. The van der Waals surface area contributed by atoms with Crippen molar-refractivity contribution >= 4 is 0 Å². The molecule has 15 heavy (non-hydrogen) atoms. The minimum atomic E-state index is -4.60. The molecule has 0 aliphatic heterocycles. The highest BCUT2D eigenvalue weighted by Crippen LogP contribution is 2.29. The lowest BCUT2D eigenvalue weighted by molar-refractivity contribution is -0.159. The van der Waals surface area contributed by atoms with Crippen molar-refractivity contribution in [2.24, 2.45) is 0 Å². The van der Waals surface area contributed by atoms with Gasteiger partial charge in [0, 0.05) is 5.56 Å². The third-order valence-corrected chi connectivity index (χ3v) is 1.70. The molecule has 0 spiro atoms. The molecule has 0 aliphatic carbocycles. The molecule has 0 fully saturated rings. The highest BCUT2D eigenvalue weighted by molar-refractivity contribution is 5.53. The Balaban J connectivity index is 2.37. The number of aromatic nitrogens is 2. The van der Waals surface area contributed by atoms with E-state index in [0.29, 0.717) is 5.56 Å². The molecule has 6 heteroatoms. The van der Waals surface area contributed by atoms with Crippen LogP contribution in [0, 0.1) is 0 Å². The molecule has 0 saturated carbocycles. The molecule has 0 saturated heterocycles. The van der Waals surface area contributed by atoms with Gasteiger partial charge in [0.05, 0.1) is 0 Å². The van der Waals surface area contributed by atoms with Crippen LogP contribution >= 0.6 is 0 Å². The second-order valence-electron chi connectivity index (χ2n) is 2.79. The Morgan fingerprint density at radius 3 is 2.27 bits per heavy atom. The first kappa shape index (κ1) is 9.70. The maximum absolute atomic E-state index is 12.1. The Bertz CT molecular complexity index is 450. The number of nitrogens with zero attached hydrogens (tertiary/aromatic N) is 2. The molecule has 2 aromatic rings. The van der Waals surface area contributed by atoms with Gasteiger partial charge in [0.1, 0.15) is 0 Å². The Morgan fingerprint density at radius 2 is 1.73 bits per heavy atom. The maximum Gasteiger partial charge on any atom is 0.471 e. The molecule has 0 atom stereocenters. The molecule has 2 rings (SSSR count). The van der Waals surface area contributed by atoms with Crippen molar-refractivity contribution in [3.05, 3.63) is 36.2 Å². The van der Waals surface area contributed by atoms with Crippen molar-refractivity contribution < 1.29 is 17.7 Å². The van der Waals surface area contributed by atoms with Crippen molar-refractivity contribution in [2.45, 2.75) is 6.18 Å². The lowest BCUT2D eigenvalue weighted by Gasteiger charge is -1.96. The Morgan fingerprint density at radius 1 is 1.07 bits per heavy atom. The lowest BCUT2D eigenvalue weighted by atomic mass is 10.2. The predicted molar refractivity (Wildman–Crippen MR) is 44.7 cm³/mol. The first-order valence-electron chi connectivity index (χ1n) is 4.04. The van der Waals surface area contributed by atoms with Crippen molar-refractivity contribution in [1.29, 1.82) is 0 Å². The molecule has 3 nitrogen and oxygen atoms in total. The van der Waals surface area contributed by atoms with Gasteiger partial charge in [0.15, 0.2) is 0 Å². The van der Waals surface area contributed by atoms with Crippen LogP contribution in [0.15, 0.2) is 34.9 Å². The summed E-state index contributed by atoms with van der Waals surface area (Å²) >= 11 is 0. The standard InChI is InChI=1S/C9H5F3N2O/c10-9(11,12)8-13-7(14-15-8)6-4-2-1-3-5-6/h1-5H. The van der Waals surface area contributed by atoms with Gasteiger partial charge in [-0.15, -0.1) is 0 Å². The monoisotopic (exact) mass is 214 g/mol. The Labute approximate surface area is 82.5 Å². The highest BCUT2D eigenvalue weighted by atomic mass is 19.4. The molecule has 0 amide bonds. The van der Waals surface area contributed by atoms with E-state index in [-0.39, 0.29) is 5.82 Å². The fourth-order valence-corrected chi connectivity index (χ4v) is 1.04. The summed E-state index contributed by atoms with van der Waals surface area (Å²) in [6.07, 6.45) is -4.60. The molecular weight excluding hydrogens is 209 g/mol. The summed E-state index contributed by atoms with van der Waals surface area (Å²) in [5.41, 5.74) is 0.483. The highest BCUT2D eigenvalue weighted by Gasteiger charge is 2.38. The normalized spacial score (nSPS) is 11.7. The van der Waals surface area contributed by atoms with Crippen LogP contribution in [-0.4, -0.2) is 10.1 Å².